The molecule has 0 fully saturated rings. The Balaban J connectivity index is 1.30. The maximum absolute atomic E-state index is 6.96. The topological polar surface area (TPSA) is 16.4 Å². The number of rotatable bonds is 6. The lowest BCUT2D eigenvalue weighted by Crippen LogP contribution is -2.10. The summed E-state index contributed by atoms with van der Waals surface area (Å²) in [6.45, 7) is 0. The molecule has 0 spiro atoms. The molecule has 0 atom stereocenters. The van der Waals surface area contributed by atoms with Crippen LogP contribution in [0, 0.1) is 0 Å². The Morgan fingerprint density at radius 2 is 0.792 bits per heavy atom. The number of anilines is 3. The highest BCUT2D eigenvalue weighted by atomic mass is 16.3. The second-order valence-corrected chi connectivity index (χ2v) is 12.2. The average Bonchev–Trinajstić information content (AvgIpc) is 3.56. The molecule has 0 bridgehead atoms. The zero-order valence-corrected chi connectivity index (χ0v) is 26.3. The van der Waals surface area contributed by atoms with Gasteiger partial charge < -0.3 is 9.32 Å². The fraction of sp³-hybridized carbons (Fsp3) is 0. The van der Waals surface area contributed by atoms with Gasteiger partial charge in [-0.3, -0.25) is 0 Å². The molecule has 0 aliphatic heterocycles. The molecule has 1 heterocycles. The molecule has 0 aliphatic rings. The lowest BCUT2D eigenvalue weighted by Gasteiger charge is -2.26. The number of hydrogen-bond acceptors (Lipinski definition) is 2. The second kappa shape index (κ2) is 11.8. The second-order valence-electron chi connectivity index (χ2n) is 12.2. The third-order valence-corrected chi connectivity index (χ3v) is 9.26. The fourth-order valence-corrected chi connectivity index (χ4v) is 6.85. The predicted molar refractivity (Wildman–Crippen MR) is 202 cm³/mol. The molecule has 0 unspecified atom stereocenters. The first-order valence-electron chi connectivity index (χ1n) is 16.3. The summed E-state index contributed by atoms with van der Waals surface area (Å²) in [5.74, 6) is 0. The van der Waals surface area contributed by atoms with Crippen LogP contribution in [0.2, 0.25) is 0 Å². The van der Waals surface area contributed by atoms with Crippen molar-refractivity contribution in [2.24, 2.45) is 0 Å². The Labute approximate surface area is 279 Å². The zero-order chi connectivity index (χ0) is 31.9. The number of furan rings is 1. The highest BCUT2D eigenvalue weighted by Gasteiger charge is 2.22. The van der Waals surface area contributed by atoms with E-state index >= 15 is 0 Å². The molecule has 226 valence electrons. The molecule has 0 radical (unpaired) electrons. The van der Waals surface area contributed by atoms with Gasteiger partial charge in [-0.2, -0.15) is 0 Å². The van der Waals surface area contributed by atoms with Gasteiger partial charge in [0.1, 0.15) is 5.58 Å². The number of benzene rings is 8. The van der Waals surface area contributed by atoms with E-state index in [1.165, 1.54) is 27.6 Å². The summed E-state index contributed by atoms with van der Waals surface area (Å²) >= 11 is 0. The average molecular weight is 614 g/mol. The van der Waals surface area contributed by atoms with Crippen LogP contribution in [0.3, 0.4) is 0 Å². The summed E-state index contributed by atoms with van der Waals surface area (Å²) in [6.07, 6.45) is 0. The van der Waals surface area contributed by atoms with E-state index in [0.29, 0.717) is 0 Å². The van der Waals surface area contributed by atoms with Crippen molar-refractivity contribution in [3.63, 3.8) is 0 Å². The van der Waals surface area contributed by atoms with Gasteiger partial charge in [-0.15, -0.1) is 0 Å². The fourth-order valence-electron chi connectivity index (χ4n) is 6.85. The van der Waals surface area contributed by atoms with E-state index in [1.54, 1.807) is 0 Å². The first-order chi connectivity index (χ1) is 23.8. The van der Waals surface area contributed by atoms with Crippen molar-refractivity contribution in [2.45, 2.75) is 0 Å². The van der Waals surface area contributed by atoms with Crippen LogP contribution in [0.4, 0.5) is 17.1 Å². The first-order valence-corrected chi connectivity index (χ1v) is 16.3. The maximum atomic E-state index is 6.96. The minimum atomic E-state index is 0.861. The Morgan fingerprint density at radius 1 is 0.312 bits per heavy atom. The summed E-state index contributed by atoms with van der Waals surface area (Å²) in [6, 6.07) is 66.8. The van der Waals surface area contributed by atoms with E-state index in [2.05, 4.69) is 193 Å². The lowest BCUT2D eigenvalue weighted by molar-refractivity contribution is 0.673. The van der Waals surface area contributed by atoms with Crippen LogP contribution < -0.4 is 4.90 Å². The molecule has 9 rings (SSSR count). The van der Waals surface area contributed by atoms with E-state index in [0.717, 1.165) is 55.5 Å². The summed E-state index contributed by atoms with van der Waals surface area (Å²) < 4.78 is 6.96. The van der Waals surface area contributed by atoms with E-state index < -0.39 is 0 Å². The highest BCUT2D eigenvalue weighted by Crippen LogP contribution is 2.46. The molecule has 0 amide bonds. The molecule has 2 heteroatoms. The third-order valence-electron chi connectivity index (χ3n) is 9.26. The number of nitrogens with zero attached hydrogens (tertiary/aromatic N) is 1. The van der Waals surface area contributed by atoms with Gasteiger partial charge in [-0.05, 0) is 81.2 Å². The van der Waals surface area contributed by atoms with Crippen molar-refractivity contribution in [3.05, 3.63) is 188 Å². The number of hydrogen-bond donors (Lipinski definition) is 0. The molecule has 2 nitrogen and oxygen atoms in total. The Bertz CT molecular complexity index is 2430. The minimum Gasteiger partial charge on any atom is -0.453 e. The van der Waals surface area contributed by atoms with E-state index in [9.17, 15) is 0 Å². The van der Waals surface area contributed by atoms with Gasteiger partial charge in [0.15, 0.2) is 5.58 Å². The van der Waals surface area contributed by atoms with E-state index in [4.69, 9.17) is 4.42 Å². The maximum Gasteiger partial charge on any atom is 0.159 e. The normalized spacial score (nSPS) is 11.3. The predicted octanol–water partition coefficient (Wildman–Crippen LogP) is 13.2. The molecule has 0 aliphatic carbocycles. The van der Waals surface area contributed by atoms with E-state index in [1.807, 2.05) is 0 Å². The van der Waals surface area contributed by atoms with Crippen LogP contribution in [-0.2, 0) is 0 Å². The largest absolute Gasteiger partial charge is 0.453 e. The van der Waals surface area contributed by atoms with Crippen molar-refractivity contribution < 1.29 is 4.42 Å². The van der Waals surface area contributed by atoms with Crippen molar-refractivity contribution in [3.8, 4) is 33.4 Å². The molecular formula is C46H31NO. The smallest absolute Gasteiger partial charge is 0.159 e. The van der Waals surface area contributed by atoms with Crippen molar-refractivity contribution in [1.82, 2.24) is 0 Å². The van der Waals surface area contributed by atoms with Crippen molar-refractivity contribution in [1.29, 1.82) is 0 Å². The van der Waals surface area contributed by atoms with Crippen LogP contribution >= 0.6 is 0 Å². The Hall–Kier alpha value is -6.38. The Kier molecular flexibility index (Phi) is 6.84. The summed E-state index contributed by atoms with van der Waals surface area (Å²) in [5.41, 5.74) is 11.9. The Morgan fingerprint density at radius 3 is 1.35 bits per heavy atom. The van der Waals surface area contributed by atoms with Gasteiger partial charge in [0, 0.05) is 27.5 Å². The van der Waals surface area contributed by atoms with Crippen LogP contribution in [0.5, 0.6) is 0 Å². The van der Waals surface area contributed by atoms with Gasteiger partial charge in [-0.1, -0.05) is 146 Å². The van der Waals surface area contributed by atoms with Gasteiger partial charge in [0.05, 0.1) is 5.69 Å². The van der Waals surface area contributed by atoms with Crippen LogP contribution in [0.15, 0.2) is 192 Å². The molecule has 0 saturated heterocycles. The van der Waals surface area contributed by atoms with Gasteiger partial charge >= 0.3 is 0 Å². The first kappa shape index (κ1) is 27.9. The quantitative estimate of drug-likeness (QED) is 0.185. The van der Waals surface area contributed by atoms with Crippen LogP contribution in [0.25, 0.3) is 66.1 Å². The van der Waals surface area contributed by atoms with Crippen LogP contribution in [0.1, 0.15) is 0 Å². The van der Waals surface area contributed by atoms with Gasteiger partial charge in [0.2, 0.25) is 0 Å². The third kappa shape index (κ3) is 4.92. The summed E-state index contributed by atoms with van der Waals surface area (Å²) in [5, 5.41) is 4.49. The van der Waals surface area contributed by atoms with E-state index in [-0.39, 0.29) is 0 Å². The molecule has 1 aromatic heterocycles. The summed E-state index contributed by atoms with van der Waals surface area (Å²) in [7, 11) is 0. The standard InChI is InChI=1S/C46H31NO/c1-4-12-32(13-5-1)35-20-25-39(26-21-35)47(40-27-22-36(23-28-40)33-14-6-2-7-15-33)44-31-38(34-16-8-3-9-17-34)30-43-42-29-24-37-18-10-11-19-41(37)45(42)48-46(43)44/h1-31H. The molecule has 0 saturated carbocycles. The minimum absolute atomic E-state index is 0.861. The molecular weight excluding hydrogens is 583 g/mol. The molecule has 9 aromatic rings. The SMILES string of the molecule is c1ccc(-c2ccc(N(c3ccc(-c4ccccc4)cc3)c3cc(-c4ccccc4)cc4c3oc3c5ccccc5ccc43)cc2)cc1. The van der Waals surface area contributed by atoms with Crippen LogP contribution in [-0.4, -0.2) is 0 Å². The molecule has 0 N–H and O–H groups in total. The highest BCUT2D eigenvalue weighted by molar-refractivity contribution is 6.18. The van der Waals surface area contributed by atoms with Crippen molar-refractivity contribution >= 4 is 49.8 Å². The van der Waals surface area contributed by atoms with Gasteiger partial charge in [-0.25, -0.2) is 0 Å². The van der Waals surface area contributed by atoms with Gasteiger partial charge in [0.25, 0.3) is 0 Å². The summed E-state index contributed by atoms with van der Waals surface area (Å²) in [4.78, 5) is 2.34. The zero-order valence-electron chi connectivity index (χ0n) is 26.3. The van der Waals surface area contributed by atoms with Crippen molar-refractivity contribution in [2.75, 3.05) is 4.90 Å². The molecule has 8 aromatic carbocycles. The monoisotopic (exact) mass is 613 g/mol. The lowest BCUT2D eigenvalue weighted by atomic mass is 9.99. The molecule has 48 heavy (non-hydrogen) atoms. The number of fused-ring (bicyclic) bond motifs is 5.